The lowest BCUT2D eigenvalue weighted by molar-refractivity contribution is 0.204. The molecule has 3 heteroatoms. The van der Waals surface area contributed by atoms with Gasteiger partial charge in [0.15, 0.2) is 0 Å². The van der Waals surface area contributed by atoms with E-state index in [1.54, 1.807) is 11.3 Å². The Morgan fingerprint density at radius 1 is 1.30 bits per heavy atom. The maximum absolute atomic E-state index is 6.73. The average Bonchev–Trinajstić information content (AvgIpc) is 3.09. The fourth-order valence-corrected chi connectivity index (χ4v) is 4.79. The van der Waals surface area contributed by atoms with E-state index in [1.807, 2.05) is 0 Å². The summed E-state index contributed by atoms with van der Waals surface area (Å²) in [5, 5.41) is 3.47. The van der Waals surface area contributed by atoms with Crippen LogP contribution >= 0.6 is 11.3 Å². The lowest BCUT2D eigenvalue weighted by Gasteiger charge is -2.38. The van der Waals surface area contributed by atoms with E-state index in [9.17, 15) is 0 Å². The molecule has 20 heavy (non-hydrogen) atoms. The normalized spacial score (nSPS) is 31.5. The minimum Gasteiger partial charge on any atom is -0.325 e. The number of nitrogens with zero attached hydrogens (tertiary/aromatic N) is 1. The third kappa shape index (κ3) is 3.25. The molecule has 0 spiro atoms. The van der Waals surface area contributed by atoms with Gasteiger partial charge in [0.25, 0.3) is 0 Å². The van der Waals surface area contributed by atoms with Crippen LogP contribution in [-0.4, -0.2) is 10.5 Å². The molecule has 2 saturated carbocycles. The van der Waals surface area contributed by atoms with Gasteiger partial charge >= 0.3 is 0 Å². The minimum atomic E-state index is 0.0124. The monoisotopic (exact) mass is 292 g/mol. The van der Waals surface area contributed by atoms with Gasteiger partial charge in [-0.25, -0.2) is 4.98 Å². The van der Waals surface area contributed by atoms with E-state index in [0.29, 0.717) is 0 Å². The molecule has 3 rings (SSSR count). The zero-order valence-electron chi connectivity index (χ0n) is 13.1. The van der Waals surface area contributed by atoms with Crippen LogP contribution < -0.4 is 5.73 Å². The van der Waals surface area contributed by atoms with Crippen LogP contribution in [0.25, 0.3) is 0 Å². The molecule has 0 aliphatic heterocycles. The van der Waals surface area contributed by atoms with Crippen LogP contribution in [0.1, 0.15) is 70.0 Å². The fraction of sp³-hybridized carbons (Fsp3) is 0.824. The highest BCUT2D eigenvalue weighted by molar-refractivity contribution is 7.09. The molecule has 2 atom stereocenters. The second-order valence-electron chi connectivity index (χ2n) is 8.11. The van der Waals surface area contributed by atoms with Gasteiger partial charge in [-0.05, 0) is 37.5 Å². The van der Waals surface area contributed by atoms with Crippen LogP contribution in [0.3, 0.4) is 0 Å². The van der Waals surface area contributed by atoms with Crippen molar-refractivity contribution in [2.75, 3.05) is 0 Å². The highest BCUT2D eigenvalue weighted by Gasteiger charge is 2.40. The van der Waals surface area contributed by atoms with Crippen molar-refractivity contribution in [1.82, 2.24) is 4.98 Å². The van der Waals surface area contributed by atoms with Gasteiger partial charge < -0.3 is 5.73 Å². The molecule has 1 heterocycles. The zero-order chi connectivity index (χ0) is 14.4. The summed E-state index contributed by atoms with van der Waals surface area (Å²) in [5.41, 5.74) is 8.12. The molecule has 1 aromatic rings. The van der Waals surface area contributed by atoms with Crippen molar-refractivity contribution in [1.29, 1.82) is 0 Å². The van der Waals surface area contributed by atoms with Gasteiger partial charge in [-0.15, -0.1) is 11.3 Å². The van der Waals surface area contributed by atoms with Crippen LogP contribution in [0.15, 0.2) is 5.38 Å². The summed E-state index contributed by atoms with van der Waals surface area (Å²) in [6, 6.07) is 0. The average molecular weight is 292 g/mol. The molecule has 0 amide bonds. The summed E-state index contributed by atoms with van der Waals surface area (Å²) < 4.78 is 0. The van der Waals surface area contributed by atoms with E-state index in [-0.39, 0.29) is 11.0 Å². The molecule has 2 nitrogen and oxygen atoms in total. The Morgan fingerprint density at radius 3 is 2.65 bits per heavy atom. The summed E-state index contributed by atoms with van der Waals surface area (Å²) in [6.07, 6.45) is 9.02. The third-order valence-electron chi connectivity index (χ3n) is 5.03. The predicted molar refractivity (Wildman–Crippen MR) is 86.1 cm³/mol. The molecule has 2 aliphatic carbocycles. The maximum atomic E-state index is 6.73. The van der Waals surface area contributed by atoms with Gasteiger partial charge in [0.1, 0.15) is 0 Å². The molecule has 1 aromatic heterocycles. The Hall–Kier alpha value is -0.410. The highest BCUT2D eigenvalue weighted by Crippen LogP contribution is 2.46. The number of aromatic nitrogens is 1. The summed E-state index contributed by atoms with van der Waals surface area (Å²) in [4.78, 5) is 4.84. The molecule has 112 valence electrons. The second kappa shape index (κ2) is 5.10. The molecular formula is C17H28N2S. The Bertz CT molecular complexity index is 470. The van der Waals surface area contributed by atoms with Crippen molar-refractivity contribution in [3.63, 3.8) is 0 Å². The first-order valence-corrected chi connectivity index (χ1v) is 8.97. The largest absolute Gasteiger partial charge is 0.325 e. The Labute approximate surface area is 127 Å². The highest BCUT2D eigenvalue weighted by atomic mass is 32.1. The molecule has 0 aromatic carbocycles. The molecule has 2 aliphatic rings. The smallest absolute Gasteiger partial charge is 0.0946 e. The topological polar surface area (TPSA) is 38.9 Å². The summed E-state index contributed by atoms with van der Waals surface area (Å²) in [6.45, 7) is 6.69. The SMILES string of the molecule is CC(C)(C)c1csc(CC2(N)CCCC(C3CC3)C2)n1. The number of hydrogen-bond acceptors (Lipinski definition) is 3. The van der Waals surface area contributed by atoms with Gasteiger partial charge in [-0.3, -0.25) is 0 Å². The Kier molecular flexibility index (Phi) is 3.70. The number of nitrogens with two attached hydrogens (primary N) is 1. The van der Waals surface area contributed by atoms with Crippen LogP contribution in [0.2, 0.25) is 0 Å². The van der Waals surface area contributed by atoms with Crippen molar-refractivity contribution >= 4 is 11.3 Å². The zero-order valence-corrected chi connectivity index (χ0v) is 13.9. The second-order valence-corrected chi connectivity index (χ2v) is 9.05. The van der Waals surface area contributed by atoms with E-state index in [4.69, 9.17) is 10.7 Å². The molecule has 0 radical (unpaired) electrons. The molecule has 2 fully saturated rings. The van der Waals surface area contributed by atoms with Crippen LogP contribution in [0, 0.1) is 11.8 Å². The van der Waals surface area contributed by atoms with E-state index in [2.05, 4.69) is 26.2 Å². The summed E-state index contributed by atoms with van der Waals surface area (Å²) >= 11 is 1.80. The minimum absolute atomic E-state index is 0.0124. The molecule has 2 unspecified atom stereocenters. The molecule has 2 N–H and O–H groups in total. The van der Waals surface area contributed by atoms with Gasteiger partial charge in [-0.2, -0.15) is 0 Å². The van der Waals surface area contributed by atoms with Crippen molar-refractivity contribution in [3.05, 3.63) is 16.1 Å². The summed E-state index contributed by atoms with van der Waals surface area (Å²) in [7, 11) is 0. The number of hydrogen-bond donors (Lipinski definition) is 1. The quantitative estimate of drug-likeness (QED) is 0.903. The van der Waals surface area contributed by atoms with E-state index >= 15 is 0 Å². The van der Waals surface area contributed by atoms with E-state index < -0.39 is 0 Å². The first-order chi connectivity index (χ1) is 9.36. The van der Waals surface area contributed by atoms with Crippen molar-refractivity contribution < 1.29 is 0 Å². The van der Waals surface area contributed by atoms with Gasteiger partial charge in [-0.1, -0.05) is 33.6 Å². The van der Waals surface area contributed by atoms with Gasteiger partial charge in [0, 0.05) is 22.8 Å². The lowest BCUT2D eigenvalue weighted by Crippen LogP contribution is -2.46. The van der Waals surface area contributed by atoms with Crippen molar-refractivity contribution in [2.24, 2.45) is 17.6 Å². The third-order valence-corrected chi connectivity index (χ3v) is 5.88. The number of rotatable bonds is 3. The van der Waals surface area contributed by atoms with Crippen LogP contribution in [-0.2, 0) is 11.8 Å². The fourth-order valence-electron chi connectivity index (χ4n) is 3.61. The predicted octanol–water partition coefficient (Wildman–Crippen LogP) is 4.28. The first kappa shape index (κ1) is 14.5. The maximum Gasteiger partial charge on any atom is 0.0946 e. The van der Waals surface area contributed by atoms with Crippen molar-refractivity contribution in [2.45, 2.75) is 76.7 Å². The lowest BCUT2D eigenvalue weighted by atomic mass is 9.73. The van der Waals surface area contributed by atoms with Gasteiger partial charge in [0.2, 0.25) is 0 Å². The van der Waals surface area contributed by atoms with Crippen LogP contribution in [0.4, 0.5) is 0 Å². The van der Waals surface area contributed by atoms with Gasteiger partial charge in [0.05, 0.1) is 10.7 Å². The number of thiazole rings is 1. The van der Waals surface area contributed by atoms with Crippen LogP contribution in [0.5, 0.6) is 0 Å². The van der Waals surface area contributed by atoms with E-state index in [0.717, 1.165) is 18.3 Å². The summed E-state index contributed by atoms with van der Waals surface area (Å²) in [5.74, 6) is 1.90. The first-order valence-electron chi connectivity index (χ1n) is 8.09. The molecule has 0 bridgehead atoms. The molecule has 0 saturated heterocycles. The van der Waals surface area contributed by atoms with Crippen molar-refractivity contribution in [3.8, 4) is 0 Å². The Morgan fingerprint density at radius 2 is 2.05 bits per heavy atom. The Balaban J connectivity index is 1.67. The van der Waals surface area contributed by atoms with E-state index in [1.165, 1.54) is 49.2 Å². The molecular weight excluding hydrogens is 264 g/mol. The standard InChI is InChI=1S/C17H28N2S/c1-16(2,3)14-11-20-15(19-14)10-17(18)8-4-5-13(9-17)12-6-7-12/h11-13H,4-10,18H2,1-3H3.